The van der Waals surface area contributed by atoms with Crippen molar-refractivity contribution < 1.29 is 29.3 Å². The lowest BCUT2D eigenvalue weighted by Crippen LogP contribution is -2.64. The van der Waals surface area contributed by atoms with E-state index in [2.05, 4.69) is 74.1 Å². The van der Waals surface area contributed by atoms with Crippen LogP contribution in [0.1, 0.15) is 67.6 Å². The van der Waals surface area contributed by atoms with Crippen LogP contribution in [0.4, 0.5) is 0 Å². The Morgan fingerprint density at radius 3 is 2.40 bits per heavy atom. The van der Waals surface area contributed by atoms with E-state index in [0.717, 1.165) is 77.5 Å². The van der Waals surface area contributed by atoms with Gasteiger partial charge in [-0.3, -0.25) is 0 Å². The molecule has 0 amide bonds. The summed E-state index contributed by atoms with van der Waals surface area (Å²) in [5, 5.41) is 24.1. The molecular weight excluding hydrogens is 647 g/mol. The Kier molecular flexibility index (Phi) is 12.1. The van der Waals surface area contributed by atoms with Gasteiger partial charge in [-0.2, -0.15) is 0 Å². The molecule has 6 atom stereocenters. The van der Waals surface area contributed by atoms with Crippen LogP contribution in [-0.2, 0) is 9.57 Å². The number of nitrogens with zero attached hydrogens (tertiary/aromatic N) is 1. The number of rotatable bonds is 16. The average Bonchev–Trinajstić information content (AvgIpc) is 3.12. The van der Waals surface area contributed by atoms with Crippen LogP contribution in [0.15, 0.2) is 101 Å². The van der Waals surface area contributed by atoms with E-state index >= 15 is 0 Å². The van der Waals surface area contributed by atoms with Crippen molar-refractivity contribution in [2.75, 3.05) is 26.9 Å². The summed E-state index contributed by atoms with van der Waals surface area (Å²) in [6, 6.07) is 22.8. The first-order chi connectivity index (χ1) is 24.4. The molecule has 0 radical (unpaired) electrons. The summed E-state index contributed by atoms with van der Waals surface area (Å²) in [6.07, 6.45) is 10.0. The maximum atomic E-state index is 9.84. The molecule has 0 unspecified atom stereocenters. The van der Waals surface area contributed by atoms with Crippen molar-refractivity contribution in [1.82, 2.24) is 0 Å². The van der Waals surface area contributed by atoms with Gasteiger partial charge in [0.15, 0.2) is 0 Å². The summed E-state index contributed by atoms with van der Waals surface area (Å²) >= 11 is 1.76. The maximum Gasteiger partial charge on any atom is 0.231 e. The van der Waals surface area contributed by atoms with E-state index in [1.165, 1.54) is 11.1 Å². The van der Waals surface area contributed by atoms with Gasteiger partial charge in [0.25, 0.3) is 0 Å². The second kappa shape index (κ2) is 16.6. The lowest BCUT2D eigenvalue weighted by Gasteiger charge is -2.58. The predicted molar refractivity (Wildman–Crippen MR) is 200 cm³/mol. The molecule has 3 aromatic rings. The molecule has 2 N–H and O–H groups in total. The number of unbranched alkanes of at least 4 members (excludes halogenated alkanes) is 2. The maximum absolute atomic E-state index is 9.84. The predicted octanol–water partition coefficient (Wildman–Crippen LogP) is 9.15. The van der Waals surface area contributed by atoms with Crippen LogP contribution in [0.3, 0.4) is 0 Å². The van der Waals surface area contributed by atoms with E-state index < -0.39 is 5.79 Å². The van der Waals surface area contributed by atoms with Crippen molar-refractivity contribution in [3.05, 3.63) is 108 Å². The summed E-state index contributed by atoms with van der Waals surface area (Å²) in [4.78, 5) is 6.67. The Morgan fingerprint density at radius 2 is 1.68 bits per heavy atom. The van der Waals surface area contributed by atoms with Crippen LogP contribution < -0.4 is 9.47 Å². The van der Waals surface area contributed by atoms with Gasteiger partial charge in [0, 0.05) is 36.0 Å². The molecule has 1 saturated carbocycles. The fraction of sp³-hybridized carbons (Fsp3) is 0.452. The second-order valence-electron chi connectivity index (χ2n) is 13.7. The number of ether oxygens (including phenoxy) is 3. The normalized spacial score (nSPS) is 26.0. The van der Waals surface area contributed by atoms with E-state index in [9.17, 15) is 10.2 Å². The number of benzene rings is 3. The summed E-state index contributed by atoms with van der Waals surface area (Å²) in [5.41, 5.74) is 5.54. The van der Waals surface area contributed by atoms with Crippen LogP contribution in [0.25, 0.3) is 0 Å². The van der Waals surface area contributed by atoms with Gasteiger partial charge in [0.2, 0.25) is 5.79 Å². The highest BCUT2D eigenvalue weighted by atomic mass is 32.2. The smallest absolute Gasteiger partial charge is 0.231 e. The number of hydrogen-bond acceptors (Lipinski definition) is 8. The highest BCUT2D eigenvalue weighted by molar-refractivity contribution is 8.00. The Labute approximate surface area is 301 Å². The van der Waals surface area contributed by atoms with Crippen molar-refractivity contribution >= 4 is 17.5 Å². The minimum absolute atomic E-state index is 0.00548. The van der Waals surface area contributed by atoms with Gasteiger partial charge in [-0.15, -0.1) is 18.3 Å². The fourth-order valence-corrected chi connectivity index (χ4v) is 9.49. The molecule has 2 aliphatic carbocycles. The molecule has 6 rings (SSSR count). The number of oxime groups is 1. The van der Waals surface area contributed by atoms with E-state index in [4.69, 9.17) is 19.0 Å². The summed E-state index contributed by atoms with van der Waals surface area (Å²) in [7, 11) is 1.61. The molecule has 1 aliphatic heterocycles. The third kappa shape index (κ3) is 7.54. The van der Waals surface area contributed by atoms with Crippen molar-refractivity contribution in [3.63, 3.8) is 0 Å². The van der Waals surface area contributed by atoms with Crippen LogP contribution in [0.5, 0.6) is 17.2 Å². The van der Waals surface area contributed by atoms with E-state index in [-0.39, 0.29) is 42.1 Å². The molecule has 0 spiro atoms. The van der Waals surface area contributed by atoms with Gasteiger partial charge in [-0.1, -0.05) is 54.4 Å². The third-order valence-corrected chi connectivity index (χ3v) is 11.9. The summed E-state index contributed by atoms with van der Waals surface area (Å²) < 4.78 is 20.8. The number of aliphatic hydroxyl groups excluding tert-OH is 2. The zero-order valence-electron chi connectivity index (χ0n) is 29.6. The third-order valence-electron chi connectivity index (χ3n) is 10.6. The zero-order chi connectivity index (χ0) is 35.1. The molecule has 0 aromatic heterocycles. The number of aryl methyl sites for hydroxylation is 2. The fourth-order valence-electron chi connectivity index (χ4n) is 8.18. The zero-order valence-corrected chi connectivity index (χ0v) is 30.4. The number of hydrogen-bond donors (Lipinski definition) is 2. The standard InChI is InChI=1S/C42H51NO6S/c1-5-23-47-42-39(50-33-14-7-6-8-15-33)27-37(43-46-4)35-25-30(13-9-11-21-44)34(16-10-12-22-45)40(41(35)42)36-26-32(19-20-38(36)49-42)48-31-18-17-28(2)29(3)24-31/h5-8,14-15,17-20,24-26,30,34,39-41,44-45H,1,9-13,16,21-23,27H2,2-4H3/t30-,34+,39-,40+,41+,42+/m0/s1. The lowest BCUT2D eigenvalue weighted by molar-refractivity contribution is -0.223. The first-order valence-corrected chi connectivity index (χ1v) is 18.9. The largest absolute Gasteiger partial charge is 0.460 e. The quantitative estimate of drug-likeness (QED) is 0.0877. The number of fused-ring (bicyclic) bond motifs is 2. The second-order valence-corrected chi connectivity index (χ2v) is 15.0. The monoisotopic (exact) mass is 697 g/mol. The van der Waals surface area contributed by atoms with Crippen molar-refractivity contribution in [2.45, 2.75) is 80.6 Å². The van der Waals surface area contributed by atoms with Gasteiger partial charge in [0.1, 0.15) is 24.4 Å². The first kappa shape index (κ1) is 36.2. The molecule has 0 bridgehead atoms. The molecule has 3 aromatic carbocycles. The first-order valence-electron chi connectivity index (χ1n) is 18.0. The molecule has 50 heavy (non-hydrogen) atoms. The van der Waals surface area contributed by atoms with Gasteiger partial charge in [-0.25, -0.2) is 0 Å². The van der Waals surface area contributed by atoms with E-state index in [1.54, 1.807) is 24.9 Å². The van der Waals surface area contributed by atoms with Gasteiger partial charge in [0.05, 0.1) is 23.5 Å². The SMILES string of the molecule is C=CCO[C@@]12Oc3ccc(Oc4ccc(C)c(C)c4)cc3[C@H]3[C@H](CCCCO)[C@@H](CCCCO)C=C(C(=NOC)C[C@@H]1Sc1ccccc1)[C@H]32. The minimum Gasteiger partial charge on any atom is -0.460 e. The van der Waals surface area contributed by atoms with Gasteiger partial charge < -0.3 is 29.3 Å². The minimum atomic E-state index is -1.02. The molecule has 8 heteroatoms. The topological polar surface area (TPSA) is 89.7 Å². The van der Waals surface area contributed by atoms with Gasteiger partial charge in [-0.05, 0) is 111 Å². The molecular formula is C42H51NO6S. The summed E-state index contributed by atoms with van der Waals surface area (Å²) in [6.45, 7) is 8.90. The Morgan fingerprint density at radius 1 is 0.940 bits per heavy atom. The Balaban J connectivity index is 1.54. The van der Waals surface area contributed by atoms with Crippen LogP contribution >= 0.6 is 11.8 Å². The number of allylic oxidation sites excluding steroid dienone is 1. The Hall–Kier alpha value is -3.56. The van der Waals surface area contributed by atoms with Crippen molar-refractivity contribution in [1.29, 1.82) is 0 Å². The number of thioether (sulfide) groups is 1. The molecule has 7 nitrogen and oxygen atoms in total. The van der Waals surface area contributed by atoms with Crippen LogP contribution in [0.2, 0.25) is 0 Å². The van der Waals surface area contributed by atoms with Crippen molar-refractivity contribution in [3.8, 4) is 17.2 Å². The molecule has 1 heterocycles. The van der Waals surface area contributed by atoms with Gasteiger partial charge >= 0.3 is 0 Å². The summed E-state index contributed by atoms with van der Waals surface area (Å²) in [5.74, 6) is 1.60. The molecule has 1 fully saturated rings. The average molecular weight is 698 g/mol. The Bertz CT molecular complexity index is 1670. The van der Waals surface area contributed by atoms with Crippen molar-refractivity contribution in [2.24, 2.45) is 22.9 Å². The van der Waals surface area contributed by atoms with E-state index in [1.807, 2.05) is 24.3 Å². The number of aliphatic hydroxyl groups is 2. The van der Waals surface area contributed by atoms with E-state index in [0.29, 0.717) is 13.0 Å². The molecule has 3 aliphatic rings. The lowest BCUT2D eigenvalue weighted by atomic mass is 9.56. The molecule has 0 saturated heterocycles. The van der Waals surface area contributed by atoms with Crippen LogP contribution in [0, 0.1) is 31.6 Å². The molecule has 266 valence electrons. The van der Waals surface area contributed by atoms with Crippen LogP contribution in [-0.4, -0.2) is 53.9 Å². The highest BCUT2D eigenvalue weighted by Crippen LogP contribution is 2.63. The highest BCUT2D eigenvalue weighted by Gasteiger charge is 2.64.